The minimum atomic E-state index is -3.91. The van der Waals surface area contributed by atoms with Gasteiger partial charge in [-0.25, -0.2) is 8.42 Å². The van der Waals surface area contributed by atoms with Crippen LogP contribution in [0.5, 0.6) is 0 Å². The topological polar surface area (TPSA) is 75.8 Å². The molecule has 0 unspecified atom stereocenters. The molecule has 21 heavy (non-hydrogen) atoms. The van der Waals surface area contributed by atoms with E-state index in [0.717, 1.165) is 0 Å². The van der Waals surface area contributed by atoms with Gasteiger partial charge < -0.3 is 0 Å². The zero-order valence-electron chi connectivity index (χ0n) is 10.8. The van der Waals surface area contributed by atoms with Crippen LogP contribution in [-0.2, 0) is 16.9 Å². The quantitative estimate of drug-likeness (QED) is 0.700. The van der Waals surface area contributed by atoms with Gasteiger partial charge in [-0.2, -0.15) is 10.4 Å². The van der Waals surface area contributed by atoms with Crippen molar-refractivity contribution >= 4 is 47.8 Å². The van der Waals surface area contributed by atoms with E-state index in [1.54, 1.807) is 31.4 Å². The second-order valence-electron chi connectivity index (χ2n) is 4.15. The highest BCUT2D eigenvalue weighted by molar-refractivity contribution is 9.11. The largest absolute Gasteiger partial charge is 0.275 e. The van der Waals surface area contributed by atoms with E-state index < -0.39 is 9.84 Å². The molecule has 108 valence electrons. The van der Waals surface area contributed by atoms with Crippen molar-refractivity contribution in [2.75, 3.05) is 0 Å². The lowest BCUT2D eigenvalue weighted by Crippen LogP contribution is -2.04. The molecular formula is C13H9Br2N3O2S. The Bertz CT molecular complexity index is 864. The Morgan fingerprint density at radius 1 is 1.43 bits per heavy atom. The fourth-order valence-electron chi connectivity index (χ4n) is 1.64. The van der Waals surface area contributed by atoms with Gasteiger partial charge in [-0.3, -0.25) is 4.68 Å². The molecule has 8 heteroatoms. The first-order valence-corrected chi connectivity index (χ1v) is 8.72. The van der Waals surface area contributed by atoms with Gasteiger partial charge in [0.15, 0.2) is 0 Å². The molecule has 0 aliphatic heterocycles. The molecule has 0 amide bonds. The summed E-state index contributed by atoms with van der Waals surface area (Å²) in [5, 5.41) is 13.1. The number of halogens is 2. The molecule has 0 N–H and O–H groups in total. The number of benzene rings is 1. The summed E-state index contributed by atoms with van der Waals surface area (Å²) in [5.41, 5.74) is 0.545. The number of nitriles is 1. The zero-order chi connectivity index (χ0) is 15.6. The lowest BCUT2D eigenvalue weighted by molar-refractivity contribution is 0.603. The first kappa shape index (κ1) is 15.9. The lowest BCUT2D eigenvalue weighted by atomic mass is 10.3. The molecule has 0 fully saturated rings. The molecule has 0 bridgehead atoms. The fourth-order valence-corrected chi connectivity index (χ4v) is 4.29. The lowest BCUT2D eigenvalue weighted by Gasteiger charge is -2.06. The van der Waals surface area contributed by atoms with Gasteiger partial charge in [-0.1, -0.05) is 15.9 Å². The van der Waals surface area contributed by atoms with E-state index in [-0.39, 0.29) is 9.80 Å². The van der Waals surface area contributed by atoms with Gasteiger partial charge >= 0.3 is 0 Å². The van der Waals surface area contributed by atoms with Gasteiger partial charge in [0.2, 0.25) is 9.84 Å². The number of rotatable bonds is 3. The summed E-state index contributed by atoms with van der Waals surface area (Å²) in [7, 11) is -2.20. The third kappa shape index (κ3) is 3.43. The van der Waals surface area contributed by atoms with E-state index in [1.165, 1.54) is 23.0 Å². The standard InChI is InChI=1S/C13H9Br2N3O2S/c1-18-8-9(7-17-18)4-11(6-16)21(19,20)13-5-10(14)2-3-12(13)15/h2-5,7-8H,1H3/b11-4+. The van der Waals surface area contributed by atoms with Crippen molar-refractivity contribution in [3.8, 4) is 6.07 Å². The maximum absolute atomic E-state index is 12.6. The Balaban J connectivity index is 2.58. The van der Waals surface area contributed by atoms with Crippen LogP contribution in [0.3, 0.4) is 0 Å². The summed E-state index contributed by atoms with van der Waals surface area (Å²) in [4.78, 5) is -0.303. The van der Waals surface area contributed by atoms with Gasteiger partial charge in [0.05, 0.1) is 11.1 Å². The van der Waals surface area contributed by atoms with Gasteiger partial charge in [-0.05, 0) is 40.2 Å². The van der Waals surface area contributed by atoms with Gasteiger partial charge in [0.1, 0.15) is 11.0 Å². The van der Waals surface area contributed by atoms with Gasteiger partial charge in [0, 0.05) is 27.8 Å². The Labute approximate surface area is 139 Å². The van der Waals surface area contributed by atoms with Crippen molar-refractivity contribution in [2.45, 2.75) is 4.90 Å². The van der Waals surface area contributed by atoms with Crippen molar-refractivity contribution in [1.82, 2.24) is 9.78 Å². The summed E-state index contributed by atoms with van der Waals surface area (Å²) in [6, 6.07) is 6.51. The minimum absolute atomic E-state index is 0.0357. The number of aryl methyl sites for hydroxylation is 1. The summed E-state index contributed by atoms with van der Waals surface area (Å²) in [6.07, 6.45) is 4.42. The molecule has 0 radical (unpaired) electrons. The number of nitrogens with zero attached hydrogens (tertiary/aromatic N) is 3. The zero-order valence-corrected chi connectivity index (χ0v) is 14.8. The van der Waals surface area contributed by atoms with Gasteiger partial charge in [0.25, 0.3) is 0 Å². The van der Waals surface area contributed by atoms with Crippen LogP contribution in [0, 0.1) is 11.3 Å². The summed E-state index contributed by atoms with van der Waals surface area (Å²) in [5.74, 6) is 0. The van der Waals surface area contributed by atoms with Crippen molar-refractivity contribution in [2.24, 2.45) is 7.05 Å². The van der Waals surface area contributed by atoms with Crippen LogP contribution in [-0.4, -0.2) is 18.2 Å². The first-order valence-electron chi connectivity index (χ1n) is 5.65. The Hall–Kier alpha value is -1.43. The fraction of sp³-hybridized carbons (Fsp3) is 0.0769. The number of sulfone groups is 1. The van der Waals surface area contributed by atoms with E-state index in [1.807, 2.05) is 0 Å². The van der Waals surface area contributed by atoms with E-state index in [4.69, 9.17) is 0 Å². The predicted octanol–water partition coefficient (Wildman–Crippen LogP) is 3.28. The maximum Gasteiger partial charge on any atom is 0.217 e. The van der Waals surface area contributed by atoms with Crippen molar-refractivity contribution < 1.29 is 8.42 Å². The number of hydrogen-bond donors (Lipinski definition) is 0. The molecule has 0 aliphatic carbocycles. The summed E-state index contributed by atoms with van der Waals surface area (Å²) >= 11 is 6.43. The average Bonchev–Trinajstić information content (AvgIpc) is 2.84. The SMILES string of the molecule is Cn1cc(/C=C(\C#N)S(=O)(=O)c2cc(Br)ccc2Br)cn1. The third-order valence-corrected chi connectivity index (χ3v) is 5.76. The van der Waals surface area contributed by atoms with E-state index in [9.17, 15) is 13.7 Å². The van der Waals surface area contributed by atoms with E-state index >= 15 is 0 Å². The van der Waals surface area contributed by atoms with Crippen LogP contribution in [0.1, 0.15) is 5.56 Å². The Morgan fingerprint density at radius 2 is 2.14 bits per heavy atom. The molecule has 5 nitrogen and oxygen atoms in total. The van der Waals surface area contributed by atoms with Crippen molar-refractivity contribution in [3.05, 3.63) is 50.0 Å². The van der Waals surface area contributed by atoms with Gasteiger partial charge in [-0.15, -0.1) is 0 Å². The average molecular weight is 431 g/mol. The van der Waals surface area contributed by atoms with Crippen molar-refractivity contribution in [3.63, 3.8) is 0 Å². The molecule has 2 rings (SSSR count). The molecule has 0 aliphatic rings. The molecule has 0 saturated carbocycles. The van der Waals surface area contributed by atoms with E-state index in [2.05, 4.69) is 37.0 Å². The highest BCUT2D eigenvalue weighted by atomic mass is 79.9. The van der Waals surface area contributed by atoms with Crippen LogP contribution in [0.2, 0.25) is 0 Å². The first-order chi connectivity index (χ1) is 9.84. The highest BCUT2D eigenvalue weighted by Crippen LogP contribution is 2.30. The highest BCUT2D eigenvalue weighted by Gasteiger charge is 2.24. The number of allylic oxidation sites excluding steroid dienone is 1. The predicted molar refractivity (Wildman–Crippen MR) is 85.8 cm³/mol. The second-order valence-corrected chi connectivity index (χ2v) is 7.80. The molecular weight excluding hydrogens is 422 g/mol. The maximum atomic E-state index is 12.6. The normalized spacial score (nSPS) is 12.2. The van der Waals surface area contributed by atoms with Crippen LogP contribution in [0.4, 0.5) is 0 Å². The molecule has 1 heterocycles. The minimum Gasteiger partial charge on any atom is -0.275 e. The second kappa shape index (κ2) is 6.13. The van der Waals surface area contributed by atoms with Crippen LogP contribution < -0.4 is 0 Å². The monoisotopic (exact) mass is 429 g/mol. The smallest absolute Gasteiger partial charge is 0.217 e. The molecule has 0 spiro atoms. The van der Waals surface area contributed by atoms with Crippen LogP contribution in [0.15, 0.2) is 49.3 Å². The van der Waals surface area contributed by atoms with Crippen LogP contribution >= 0.6 is 31.9 Å². The summed E-state index contributed by atoms with van der Waals surface area (Å²) in [6.45, 7) is 0. The molecule has 1 aromatic heterocycles. The third-order valence-electron chi connectivity index (χ3n) is 2.61. The van der Waals surface area contributed by atoms with E-state index in [0.29, 0.717) is 14.5 Å². The Kier molecular flexibility index (Phi) is 4.66. The summed E-state index contributed by atoms with van der Waals surface area (Å²) < 4.78 is 27.7. The number of hydrogen-bond acceptors (Lipinski definition) is 4. The molecule has 1 aromatic carbocycles. The molecule has 0 saturated heterocycles. The molecule has 2 aromatic rings. The van der Waals surface area contributed by atoms with Crippen LogP contribution in [0.25, 0.3) is 6.08 Å². The molecule has 0 atom stereocenters. The van der Waals surface area contributed by atoms with Crippen molar-refractivity contribution in [1.29, 1.82) is 5.26 Å². The number of aromatic nitrogens is 2. The Morgan fingerprint density at radius 3 is 2.71 bits per heavy atom.